The Kier molecular flexibility index (Phi) is 11.0. The van der Waals surface area contributed by atoms with E-state index in [0.29, 0.717) is 56.0 Å². The molecule has 0 radical (unpaired) electrons. The number of carbonyl (C=O) groups is 3. The van der Waals surface area contributed by atoms with Crippen LogP contribution in [0.25, 0.3) is 33.3 Å². The average Bonchev–Trinajstić information content (AvgIpc) is 3.60. The van der Waals surface area contributed by atoms with Crippen molar-refractivity contribution >= 4 is 34.4 Å². The number of nitrogens with one attached hydrogen (secondary N) is 3. The Morgan fingerprint density at radius 3 is 2.44 bits per heavy atom. The number of urea groups is 1. The fourth-order valence-corrected chi connectivity index (χ4v) is 6.08. The number of aromatic nitrogens is 4. The van der Waals surface area contributed by atoms with Crippen molar-refractivity contribution in [2.24, 2.45) is 11.7 Å². The molecule has 13 heteroatoms. The smallest absolute Gasteiger partial charge is 0.322 e. The van der Waals surface area contributed by atoms with Gasteiger partial charge in [0, 0.05) is 61.4 Å². The molecule has 3 aromatic heterocycles. The van der Waals surface area contributed by atoms with Crippen LogP contribution in [-0.2, 0) is 29.2 Å². The van der Waals surface area contributed by atoms with E-state index in [1.807, 2.05) is 74.5 Å². The normalized spacial score (nSPS) is 13.4. The highest BCUT2D eigenvalue weighted by atomic mass is 16.2. The van der Waals surface area contributed by atoms with Gasteiger partial charge in [0.25, 0.3) is 5.56 Å². The zero-order valence-corrected chi connectivity index (χ0v) is 29.5. The van der Waals surface area contributed by atoms with Crippen LogP contribution >= 0.6 is 0 Å². The van der Waals surface area contributed by atoms with Crippen LogP contribution in [0.2, 0.25) is 0 Å². The summed E-state index contributed by atoms with van der Waals surface area (Å²) in [6, 6.07) is 19.0. The van der Waals surface area contributed by atoms with Crippen LogP contribution in [0.15, 0.2) is 90.1 Å². The second-order valence-electron chi connectivity index (χ2n) is 13.4. The molecule has 4 amide bonds. The number of carbonyl (C=O) groups excluding carboxylic acids is 3. The van der Waals surface area contributed by atoms with Gasteiger partial charge in [0.2, 0.25) is 11.8 Å². The Balaban J connectivity index is 1.16. The third kappa shape index (κ3) is 8.16. The van der Waals surface area contributed by atoms with Gasteiger partial charge in [-0.2, -0.15) is 5.10 Å². The van der Waals surface area contributed by atoms with Crippen molar-refractivity contribution in [3.05, 3.63) is 107 Å². The van der Waals surface area contributed by atoms with E-state index in [-0.39, 0.29) is 29.3 Å². The molecule has 4 heterocycles. The van der Waals surface area contributed by atoms with Gasteiger partial charge in [-0.3, -0.25) is 24.4 Å². The van der Waals surface area contributed by atoms with E-state index in [2.05, 4.69) is 25.9 Å². The first kappa shape index (κ1) is 35.9. The largest absolute Gasteiger partial charge is 0.354 e. The lowest BCUT2D eigenvalue weighted by Crippen LogP contribution is -2.51. The van der Waals surface area contributed by atoms with Crippen molar-refractivity contribution in [2.45, 2.75) is 65.3 Å². The number of fused-ring (bicyclic) bond motifs is 2. The number of hydrogen-bond donors (Lipinski definition) is 4. The second-order valence-corrected chi connectivity index (χ2v) is 13.4. The summed E-state index contributed by atoms with van der Waals surface area (Å²) in [5, 5.41) is 14.1. The maximum absolute atomic E-state index is 14.0. The monoisotopic (exact) mass is 701 g/mol. The lowest BCUT2D eigenvalue weighted by molar-refractivity contribution is -0.129. The molecule has 1 aliphatic rings. The van der Waals surface area contributed by atoms with Gasteiger partial charge in [0.15, 0.2) is 0 Å². The summed E-state index contributed by atoms with van der Waals surface area (Å²) < 4.78 is 1.47. The predicted octanol–water partition coefficient (Wildman–Crippen LogP) is 4.45. The average molecular weight is 702 g/mol. The number of anilines is 1. The van der Waals surface area contributed by atoms with Gasteiger partial charge in [-0.05, 0) is 78.8 Å². The molecule has 0 fully saturated rings. The Labute approximate surface area is 301 Å². The number of rotatable bonds is 12. The van der Waals surface area contributed by atoms with E-state index < -0.39 is 12.1 Å². The minimum Gasteiger partial charge on any atom is -0.354 e. The van der Waals surface area contributed by atoms with Crippen LogP contribution in [-0.4, -0.2) is 61.1 Å². The summed E-state index contributed by atoms with van der Waals surface area (Å²) >= 11 is 0. The molecule has 5 aromatic rings. The first-order chi connectivity index (χ1) is 25.1. The standard InChI is InChI=1S/C39H43N9O4/c1-24(2)35(40)37(50)44-25(3)36(49)43-16-4-5-19-48-38(51)32(30-8-6-10-33-31(30)9-7-17-42-33)20-34(46-48)26-11-13-29(14-12-26)45-39(52)47-22-27-15-18-41-21-28(27)23-47/h6-15,17-18,20-21,24-25,35H,4-5,16,19,22-23,40H2,1-3H3,(H,43,49)(H,44,50)(H,45,52). The number of unbranched alkanes of at least 4 members (excludes halogenated alkanes) is 1. The van der Waals surface area contributed by atoms with Gasteiger partial charge in [-0.25, -0.2) is 9.48 Å². The van der Waals surface area contributed by atoms with Crippen molar-refractivity contribution in [3.63, 3.8) is 0 Å². The second kappa shape index (κ2) is 15.9. The summed E-state index contributed by atoms with van der Waals surface area (Å²) in [6.07, 6.45) is 6.39. The quantitative estimate of drug-likeness (QED) is 0.138. The topological polar surface area (TPSA) is 177 Å². The number of amides is 4. The fourth-order valence-electron chi connectivity index (χ4n) is 6.08. The van der Waals surface area contributed by atoms with Crippen LogP contribution < -0.4 is 27.2 Å². The number of aryl methyl sites for hydroxylation is 1. The Bertz CT molecular complexity index is 2120. The van der Waals surface area contributed by atoms with E-state index in [0.717, 1.165) is 33.2 Å². The molecule has 268 valence electrons. The first-order valence-corrected chi connectivity index (χ1v) is 17.5. The molecule has 2 aromatic carbocycles. The molecule has 1 aliphatic heterocycles. The highest BCUT2D eigenvalue weighted by Crippen LogP contribution is 2.29. The predicted molar refractivity (Wildman–Crippen MR) is 200 cm³/mol. The maximum Gasteiger partial charge on any atom is 0.322 e. The maximum atomic E-state index is 14.0. The summed E-state index contributed by atoms with van der Waals surface area (Å²) in [5.74, 6) is -0.726. The number of nitrogens with zero attached hydrogens (tertiary/aromatic N) is 5. The molecule has 0 bridgehead atoms. The minimum absolute atomic E-state index is 0.0481. The van der Waals surface area contributed by atoms with Crippen LogP contribution in [0.4, 0.5) is 10.5 Å². The molecule has 6 rings (SSSR count). The summed E-state index contributed by atoms with van der Waals surface area (Å²) in [6.45, 7) is 7.01. The van der Waals surface area contributed by atoms with E-state index in [1.54, 1.807) is 36.5 Å². The molecule has 0 aliphatic carbocycles. The Morgan fingerprint density at radius 2 is 1.67 bits per heavy atom. The van der Waals surface area contributed by atoms with Crippen molar-refractivity contribution in [1.29, 1.82) is 0 Å². The van der Waals surface area contributed by atoms with Crippen molar-refractivity contribution < 1.29 is 14.4 Å². The Morgan fingerprint density at radius 1 is 0.885 bits per heavy atom. The van der Waals surface area contributed by atoms with Crippen LogP contribution in [0.1, 0.15) is 44.7 Å². The van der Waals surface area contributed by atoms with E-state index in [1.165, 1.54) is 4.68 Å². The van der Waals surface area contributed by atoms with E-state index >= 15 is 0 Å². The van der Waals surface area contributed by atoms with E-state index in [4.69, 9.17) is 10.8 Å². The fraction of sp³-hybridized carbons (Fsp3) is 0.308. The number of benzene rings is 2. The molecular weight excluding hydrogens is 658 g/mol. The van der Waals surface area contributed by atoms with Crippen molar-refractivity contribution in [2.75, 3.05) is 11.9 Å². The van der Waals surface area contributed by atoms with E-state index in [9.17, 15) is 19.2 Å². The summed E-state index contributed by atoms with van der Waals surface area (Å²) in [5.41, 5.74) is 11.8. The lowest BCUT2D eigenvalue weighted by Gasteiger charge is -2.19. The van der Waals surface area contributed by atoms with Gasteiger partial charge < -0.3 is 26.6 Å². The van der Waals surface area contributed by atoms with Crippen LogP contribution in [0.3, 0.4) is 0 Å². The van der Waals surface area contributed by atoms with Gasteiger partial charge >= 0.3 is 6.03 Å². The highest BCUT2D eigenvalue weighted by Gasteiger charge is 2.24. The first-order valence-electron chi connectivity index (χ1n) is 17.5. The van der Waals surface area contributed by atoms with Crippen molar-refractivity contribution in [1.82, 2.24) is 35.3 Å². The molecule has 52 heavy (non-hydrogen) atoms. The highest BCUT2D eigenvalue weighted by molar-refractivity contribution is 5.95. The van der Waals surface area contributed by atoms with Gasteiger partial charge in [-0.1, -0.05) is 44.2 Å². The van der Waals surface area contributed by atoms with Crippen molar-refractivity contribution in [3.8, 4) is 22.4 Å². The molecular formula is C39H43N9O4. The SMILES string of the molecule is CC(NC(=O)C(N)C(C)C)C(=O)NCCCCn1nc(-c2ccc(NC(=O)N3Cc4ccncc4C3)cc2)cc(-c2cccc3ncccc23)c1=O. The molecule has 2 unspecified atom stereocenters. The zero-order valence-electron chi connectivity index (χ0n) is 29.5. The third-order valence-corrected chi connectivity index (χ3v) is 9.23. The van der Waals surface area contributed by atoms with Gasteiger partial charge in [0.1, 0.15) is 6.04 Å². The molecule has 0 saturated heterocycles. The number of pyridine rings is 2. The number of nitrogens with two attached hydrogens (primary N) is 1. The molecule has 13 nitrogen and oxygen atoms in total. The zero-order chi connectivity index (χ0) is 36.8. The summed E-state index contributed by atoms with van der Waals surface area (Å²) in [4.78, 5) is 62.2. The number of hydrogen-bond acceptors (Lipinski definition) is 8. The lowest BCUT2D eigenvalue weighted by atomic mass is 10.00. The molecule has 5 N–H and O–H groups in total. The van der Waals surface area contributed by atoms with Crippen LogP contribution in [0.5, 0.6) is 0 Å². The van der Waals surface area contributed by atoms with Gasteiger partial charge in [-0.15, -0.1) is 0 Å². The minimum atomic E-state index is -0.731. The molecule has 0 saturated carbocycles. The Hall–Kier alpha value is -5.95. The van der Waals surface area contributed by atoms with Crippen LogP contribution in [0, 0.1) is 5.92 Å². The molecule has 0 spiro atoms. The van der Waals surface area contributed by atoms with Gasteiger partial charge in [0.05, 0.1) is 22.8 Å². The summed E-state index contributed by atoms with van der Waals surface area (Å²) in [7, 11) is 0. The third-order valence-electron chi connectivity index (χ3n) is 9.23. The molecule has 2 atom stereocenters.